The monoisotopic (exact) mass is 434 g/mol. The zero-order chi connectivity index (χ0) is 21.9. The largest absolute Gasteiger partial charge is 0.519 e. The number of halogens is 9. The van der Waals surface area contributed by atoms with E-state index in [2.05, 4.69) is 13.8 Å². The van der Waals surface area contributed by atoms with Gasteiger partial charge in [-0.05, 0) is 19.1 Å². The minimum atomic E-state index is -5.51. The van der Waals surface area contributed by atoms with Crippen LogP contribution in [0.3, 0.4) is 0 Å². The second-order valence-electron chi connectivity index (χ2n) is 5.83. The van der Waals surface area contributed by atoms with E-state index in [4.69, 9.17) is 0 Å². The Morgan fingerprint density at radius 1 is 0.897 bits per heavy atom. The van der Waals surface area contributed by atoms with E-state index < -0.39 is 64.6 Å². The van der Waals surface area contributed by atoms with Gasteiger partial charge < -0.3 is 13.4 Å². The van der Waals surface area contributed by atoms with Crippen LogP contribution < -0.4 is 5.82 Å². The molecule has 29 heavy (non-hydrogen) atoms. The Hall–Kier alpha value is -2.93. The SMILES string of the molecule is Cc1oc(=O)oc1Cn1c(C(F)(F)F)nc2cc(C(F)(F)F)c(C(F)(F)F)cc21. The van der Waals surface area contributed by atoms with Gasteiger partial charge >= 0.3 is 24.4 Å². The molecule has 0 N–H and O–H groups in total. The van der Waals surface area contributed by atoms with Crippen molar-refractivity contribution in [2.45, 2.75) is 32.0 Å². The first-order chi connectivity index (χ1) is 13.1. The molecule has 0 aliphatic heterocycles. The predicted octanol–water partition coefficient (Wildman–Crippen LogP) is 5.00. The standard InChI is InChI=1S/C15H7F9N2O3/c1-5-10(29-12(27)28-5)4-26-9-3-7(14(19,20)21)6(13(16,17)18)2-8(9)25-11(26)15(22,23)24/h2-3H,4H2,1H3. The molecule has 0 saturated heterocycles. The van der Waals surface area contributed by atoms with Crippen molar-refractivity contribution in [1.82, 2.24) is 9.55 Å². The minimum Gasteiger partial charge on any atom is -0.396 e. The Morgan fingerprint density at radius 3 is 1.90 bits per heavy atom. The molecule has 0 unspecified atom stereocenters. The quantitative estimate of drug-likeness (QED) is 0.533. The van der Waals surface area contributed by atoms with Gasteiger partial charge in [-0.3, -0.25) is 0 Å². The number of aryl methyl sites for hydroxylation is 1. The molecule has 3 aromatic rings. The molecule has 2 aromatic heterocycles. The molecule has 0 aliphatic carbocycles. The number of rotatable bonds is 2. The van der Waals surface area contributed by atoms with E-state index in [1.165, 1.54) is 0 Å². The lowest BCUT2D eigenvalue weighted by Gasteiger charge is -2.16. The van der Waals surface area contributed by atoms with Crippen LogP contribution >= 0.6 is 0 Å². The molecule has 0 fully saturated rings. The van der Waals surface area contributed by atoms with Crippen molar-refractivity contribution >= 4 is 11.0 Å². The first kappa shape index (κ1) is 20.8. The molecule has 0 amide bonds. The maximum absolute atomic E-state index is 13.3. The first-order valence-electron chi connectivity index (χ1n) is 7.44. The summed E-state index contributed by atoms with van der Waals surface area (Å²) in [6.07, 6.45) is -16.2. The van der Waals surface area contributed by atoms with E-state index in [-0.39, 0.29) is 22.5 Å². The highest BCUT2D eigenvalue weighted by atomic mass is 19.4. The lowest BCUT2D eigenvalue weighted by atomic mass is 10.1. The number of fused-ring (bicyclic) bond motifs is 1. The van der Waals surface area contributed by atoms with E-state index in [9.17, 15) is 44.3 Å². The number of imidazole rings is 1. The van der Waals surface area contributed by atoms with Crippen LogP contribution in [-0.4, -0.2) is 9.55 Å². The summed E-state index contributed by atoms with van der Waals surface area (Å²) in [6, 6.07) is -0.184. The van der Waals surface area contributed by atoms with E-state index in [1.807, 2.05) is 0 Å². The summed E-state index contributed by atoms with van der Waals surface area (Å²) < 4.78 is 128. The molecular weight excluding hydrogens is 427 g/mol. The molecule has 0 bridgehead atoms. The van der Waals surface area contributed by atoms with Crippen LogP contribution in [0.2, 0.25) is 0 Å². The fourth-order valence-electron chi connectivity index (χ4n) is 2.68. The van der Waals surface area contributed by atoms with Crippen LogP contribution in [-0.2, 0) is 25.1 Å². The Kier molecular flexibility index (Phi) is 4.51. The molecular formula is C15H7F9N2O3. The van der Waals surface area contributed by atoms with Crippen molar-refractivity contribution in [3.63, 3.8) is 0 Å². The van der Waals surface area contributed by atoms with E-state index >= 15 is 0 Å². The van der Waals surface area contributed by atoms with Crippen LogP contribution in [0, 0.1) is 6.92 Å². The van der Waals surface area contributed by atoms with Crippen molar-refractivity contribution in [2.24, 2.45) is 0 Å². The Morgan fingerprint density at radius 2 is 1.45 bits per heavy atom. The molecule has 5 nitrogen and oxygen atoms in total. The van der Waals surface area contributed by atoms with E-state index in [0.717, 1.165) is 6.92 Å². The molecule has 0 atom stereocenters. The highest BCUT2D eigenvalue weighted by Gasteiger charge is 2.45. The van der Waals surface area contributed by atoms with Crippen molar-refractivity contribution < 1.29 is 48.3 Å². The zero-order valence-corrected chi connectivity index (χ0v) is 13.9. The number of hydrogen-bond donors (Lipinski definition) is 0. The number of alkyl halides is 9. The van der Waals surface area contributed by atoms with Gasteiger partial charge in [0.15, 0.2) is 5.76 Å². The highest BCUT2D eigenvalue weighted by Crippen LogP contribution is 2.43. The molecule has 0 radical (unpaired) electrons. The molecule has 0 spiro atoms. The third-order valence-electron chi connectivity index (χ3n) is 3.89. The van der Waals surface area contributed by atoms with Gasteiger partial charge in [0.05, 0.1) is 28.7 Å². The molecule has 0 aliphatic rings. The van der Waals surface area contributed by atoms with Crippen molar-refractivity contribution in [1.29, 1.82) is 0 Å². The van der Waals surface area contributed by atoms with E-state index in [1.54, 1.807) is 0 Å². The van der Waals surface area contributed by atoms with Crippen LogP contribution in [0.5, 0.6) is 0 Å². The summed E-state index contributed by atoms with van der Waals surface area (Å²) in [4.78, 5) is 14.1. The molecule has 3 rings (SSSR count). The summed E-state index contributed by atoms with van der Waals surface area (Å²) in [5.41, 5.74) is -6.22. The smallest absolute Gasteiger partial charge is 0.396 e. The highest BCUT2D eigenvalue weighted by molar-refractivity contribution is 5.79. The normalized spacial score (nSPS) is 13.4. The lowest BCUT2D eigenvalue weighted by Crippen LogP contribution is -2.17. The van der Waals surface area contributed by atoms with Crippen molar-refractivity contribution in [2.75, 3.05) is 0 Å². The third-order valence-corrected chi connectivity index (χ3v) is 3.89. The average Bonchev–Trinajstić information content (AvgIpc) is 3.04. The Balaban J connectivity index is 2.36. The molecule has 14 heteroatoms. The summed E-state index contributed by atoms with van der Waals surface area (Å²) in [7, 11) is 0. The summed E-state index contributed by atoms with van der Waals surface area (Å²) >= 11 is 0. The third kappa shape index (κ3) is 3.82. The summed E-state index contributed by atoms with van der Waals surface area (Å²) in [6.45, 7) is 0.196. The van der Waals surface area contributed by atoms with Gasteiger partial charge in [-0.15, -0.1) is 0 Å². The number of benzene rings is 1. The second kappa shape index (κ2) is 6.29. The van der Waals surface area contributed by atoms with Gasteiger partial charge in [0.25, 0.3) is 0 Å². The Bertz CT molecular complexity index is 1130. The van der Waals surface area contributed by atoms with Crippen LogP contribution in [0.1, 0.15) is 28.5 Å². The molecule has 0 saturated carbocycles. The van der Waals surface area contributed by atoms with E-state index in [0.29, 0.717) is 0 Å². The number of aromatic nitrogens is 2. The van der Waals surface area contributed by atoms with Crippen molar-refractivity contribution in [3.05, 3.63) is 51.2 Å². The Labute approximate surface area is 153 Å². The molecule has 158 valence electrons. The number of hydrogen-bond acceptors (Lipinski definition) is 4. The first-order valence-corrected chi connectivity index (χ1v) is 7.44. The van der Waals surface area contributed by atoms with Gasteiger partial charge in [-0.2, -0.15) is 39.5 Å². The molecule has 1 aromatic carbocycles. The van der Waals surface area contributed by atoms with Gasteiger partial charge in [0, 0.05) is 0 Å². The minimum absolute atomic E-state index is 0.0755. The maximum Gasteiger partial charge on any atom is 0.519 e. The number of nitrogens with zero attached hydrogens (tertiary/aromatic N) is 2. The van der Waals surface area contributed by atoms with Crippen LogP contribution in [0.25, 0.3) is 11.0 Å². The zero-order valence-electron chi connectivity index (χ0n) is 13.9. The van der Waals surface area contributed by atoms with Gasteiger partial charge in [0.1, 0.15) is 5.76 Å². The fourth-order valence-corrected chi connectivity index (χ4v) is 2.68. The van der Waals surface area contributed by atoms with Crippen LogP contribution in [0.15, 0.2) is 25.8 Å². The second-order valence-corrected chi connectivity index (χ2v) is 5.83. The van der Waals surface area contributed by atoms with Gasteiger partial charge in [-0.1, -0.05) is 0 Å². The van der Waals surface area contributed by atoms with Crippen LogP contribution in [0.4, 0.5) is 39.5 Å². The summed E-state index contributed by atoms with van der Waals surface area (Å²) in [5, 5.41) is 0. The maximum atomic E-state index is 13.3. The topological polar surface area (TPSA) is 61.2 Å². The molecule has 2 heterocycles. The lowest BCUT2D eigenvalue weighted by molar-refractivity contribution is -0.161. The average molecular weight is 434 g/mol. The van der Waals surface area contributed by atoms with Gasteiger partial charge in [0.2, 0.25) is 5.82 Å². The van der Waals surface area contributed by atoms with Crippen molar-refractivity contribution in [3.8, 4) is 0 Å². The van der Waals surface area contributed by atoms with Gasteiger partial charge in [-0.25, -0.2) is 9.78 Å². The summed E-state index contributed by atoms with van der Waals surface area (Å²) in [5.74, 6) is -3.77. The fraction of sp³-hybridized carbons (Fsp3) is 0.333. The predicted molar refractivity (Wildman–Crippen MR) is 75.8 cm³/mol.